The Morgan fingerprint density at radius 2 is 1.68 bits per heavy atom. The Morgan fingerprint density at radius 3 is 2.11 bits per heavy atom. The second-order valence-electron chi connectivity index (χ2n) is 3.92. The summed E-state index contributed by atoms with van der Waals surface area (Å²) in [6.45, 7) is 3.29. The molecule has 104 valence electrons. The summed E-state index contributed by atoms with van der Waals surface area (Å²) in [7, 11) is 0. The molecule has 2 fully saturated rings. The number of ether oxygens (including phenoxy) is 1. The van der Waals surface area contributed by atoms with Gasteiger partial charge in [-0.25, -0.2) is 0 Å². The van der Waals surface area contributed by atoms with E-state index in [-0.39, 0.29) is 29.6 Å². The number of carbonyl (C=O) groups excluding carboxylic acids is 1. The average Bonchev–Trinajstić information content (AvgIpc) is 3.00. The van der Waals surface area contributed by atoms with Gasteiger partial charge in [0.1, 0.15) is 0 Å². The molecule has 0 aromatic rings. The summed E-state index contributed by atoms with van der Waals surface area (Å²) in [6, 6.07) is 0. The van der Waals surface area contributed by atoms with Crippen molar-refractivity contribution in [1.82, 2.24) is 0 Å². The summed E-state index contributed by atoms with van der Waals surface area (Å²) < 4.78 is 4.83. The Hall–Kier alpha value is -0.0505. The van der Waals surface area contributed by atoms with Crippen molar-refractivity contribution >= 4 is 5.97 Å². The van der Waals surface area contributed by atoms with E-state index >= 15 is 0 Å². The SMILES string of the molecule is CC(=O)OC[C]1[CH][CH][CH][C]1[C@@H](C)O.[CH]1[CH][CH][CH][CH]1.[Fe]. The van der Waals surface area contributed by atoms with Crippen LogP contribution in [0.4, 0.5) is 0 Å². The van der Waals surface area contributed by atoms with Crippen LogP contribution in [-0.2, 0) is 26.6 Å². The minimum absolute atomic E-state index is 0. The maximum absolute atomic E-state index is 10.5. The van der Waals surface area contributed by atoms with Gasteiger partial charge in [0.25, 0.3) is 0 Å². The predicted octanol–water partition coefficient (Wildman–Crippen LogP) is 1.72. The predicted molar refractivity (Wildman–Crippen MR) is 69.2 cm³/mol. The minimum Gasteiger partial charge on any atom is -0.465 e. The third kappa shape index (κ3) is 7.96. The molecule has 19 heavy (non-hydrogen) atoms. The first-order valence-corrected chi connectivity index (χ1v) is 5.84. The van der Waals surface area contributed by atoms with Crippen molar-refractivity contribution in [2.75, 3.05) is 6.61 Å². The van der Waals surface area contributed by atoms with Crippen molar-refractivity contribution in [2.45, 2.75) is 20.0 Å². The van der Waals surface area contributed by atoms with E-state index in [1.54, 1.807) is 6.92 Å². The maximum Gasteiger partial charge on any atom is 0.302 e. The van der Waals surface area contributed by atoms with Gasteiger partial charge in [0, 0.05) is 35.8 Å². The van der Waals surface area contributed by atoms with Gasteiger partial charge in [-0.2, -0.15) is 0 Å². The van der Waals surface area contributed by atoms with Gasteiger partial charge in [0.05, 0.1) is 12.7 Å². The number of carbonyl (C=O) groups is 1. The van der Waals surface area contributed by atoms with E-state index in [9.17, 15) is 9.90 Å². The molecule has 0 heterocycles. The molecule has 2 aliphatic carbocycles. The van der Waals surface area contributed by atoms with Crippen molar-refractivity contribution < 1.29 is 31.7 Å². The molecule has 2 saturated carbocycles. The van der Waals surface area contributed by atoms with Crippen LogP contribution in [0.5, 0.6) is 0 Å². The van der Waals surface area contributed by atoms with Crippen molar-refractivity contribution in [1.29, 1.82) is 0 Å². The molecule has 4 heteroatoms. The quantitative estimate of drug-likeness (QED) is 0.638. The fourth-order valence-electron chi connectivity index (χ4n) is 1.51. The van der Waals surface area contributed by atoms with Crippen molar-refractivity contribution in [3.05, 3.63) is 63.2 Å². The third-order valence-corrected chi connectivity index (χ3v) is 2.38. The van der Waals surface area contributed by atoms with E-state index in [4.69, 9.17) is 4.74 Å². The van der Waals surface area contributed by atoms with Crippen LogP contribution in [0.25, 0.3) is 0 Å². The maximum atomic E-state index is 10.5. The van der Waals surface area contributed by atoms with Crippen LogP contribution in [0.3, 0.4) is 0 Å². The number of hydrogen-bond donors (Lipinski definition) is 1. The fraction of sp³-hybridized carbons (Fsp3) is 0.267. The molecule has 10 radical (unpaired) electrons. The fourth-order valence-corrected chi connectivity index (χ4v) is 1.51. The average molecular weight is 302 g/mol. The summed E-state index contributed by atoms with van der Waals surface area (Å²) in [4.78, 5) is 10.5. The van der Waals surface area contributed by atoms with Gasteiger partial charge in [-0.1, -0.05) is 0 Å². The molecule has 0 bridgehead atoms. The second kappa shape index (κ2) is 10.7. The van der Waals surface area contributed by atoms with Crippen LogP contribution in [0.2, 0.25) is 0 Å². The largest absolute Gasteiger partial charge is 0.465 e. The number of rotatable bonds is 3. The first-order chi connectivity index (χ1) is 8.61. The van der Waals surface area contributed by atoms with Crippen molar-refractivity contribution in [3.8, 4) is 0 Å². The number of hydrogen-bond acceptors (Lipinski definition) is 3. The third-order valence-electron chi connectivity index (χ3n) is 2.38. The van der Waals surface area contributed by atoms with Gasteiger partial charge in [-0.05, 0) is 58.3 Å². The van der Waals surface area contributed by atoms with Crippen LogP contribution >= 0.6 is 0 Å². The number of esters is 1. The topological polar surface area (TPSA) is 46.5 Å². The van der Waals surface area contributed by atoms with E-state index in [1.165, 1.54) is 6.92 Å². The van der Waals surface area contributed by atoms with Gasteiger partial charge >= 0.3 is 5.97 Å². The molecule has 0 aromatic heterocycles. The monoisotopic (exact) mass is 302 g/mol. The summed E-state index contributed by atoms with van der Waals surface area (Å²) in [5, 5.41) is 9.32. The number of aliphatic hydroxyl groups is 1. The zero-order valence-corrected chi connectivity index (χ0v) is 12.1. The van der Waals surface area contributed by atoms with Gasteiger partial charge in [0.2, 0.25) is 0 Å². The van der Waals surface area contributed by atoms with E-state index in [0.29, 0.717) is 0 Å². The molecule has 0 aromatic carbocycles. The molecule has 1 atom stereocenters. The van der Waals surface area contributed by atoms with Crippen LogP contribution in [0, 0.1) is 63.2 Å². The van der Waals surface area contributed by atoms with Gasteiger partial charge < -0.3 is 9.84 Å². The first-order valence-electron chi connectivity index (χ1n) is 5.84. The second-order valence-corrected chi connectivity index (χ2v) is 3.92. The molecule has 2 aliphatic rings. The zero-order chi connectivity index (χ0) is 13.4. The van der Waals surface area contributed by atoms with E-state index in [2.05, 4.69) is 0 Å². The molecule has 2 rings (SSSR count). The van der Waals surface area contributed by atoms with Crippen LogP contribution < -0.4 is 0 Å². The molecular weight excluding hydrogens is 284 g/mol. The van der Waals surface area contributed by atoms with E-state index in [1.807, 2.05) is 51.4 Å². The van der Waals surface area contributed by atoms with Gasteiger partial charge in [-0.3, -0.25) is 4.79 Å². The van der Waals surface area contributed by atoms with Gasteiger partial charge in [0.15, 0.2) is 0 Å². The molecule has 1 N–H and O–H groups in total. The molecule has 0 spiro atoms. The summed E-state index contributed by atoms with van der Waals surface area (Å²) in [6.07, 6.45) is 15.0. The van der Waals surface area contributed by atoms with Crippen LogP contribution in [0.1, 0.15) is 13.8 Å². The number of aliphatic hydroxyl groups excluding tert-OH is 1. The normalized spacial score (nSPS) is 21.2. The molecule has 0 unspecified atom stereocenters. The van der Waals surface area contributed by atoms with E-state index in [0.717, 1.165) is 11.8 Å². The minimum atomic E-state index is -0.513. The Balaban J connectivity index is 0.000000454. The summed E-state index contributed by atoms with van der Waals surface area (Å²) >= 11 is 0. The molecular formula is C15H18FeO3. The van der Waals surface area contributed by atoms with E-state index < -0.39 is 6.10 Å². The first kappa shape index (κ1) is 18.9. The van der Waals surface area contributed by atoms with Crippen LogP contribution in [-0.4, -0.2) is 23.8 Å². The summed E-state index contributed by atoms with van der Waals surface area (Å²) in [5.41, 5.74) is 0. The smallest absolute Gasteiger partial charge is 0.302 e. The Labute approximate surface area is 128 Å². The molecule has 0 saturated heterocycles. The Morgan fingerprint density at radius 1 is 1.16 bits per heavy atom. The molecule has 0 amide bonds. The summed E-state index contributed by atoms with van der Waals surface area (Å²) in [5.74, 6) is 1.38. The molecule has 0 aliphatic heterocycles. The Kier molecular flexibility index (Phi) is 10.7. The van der Waals surface area contributed by atoms with Crippen LogP contribution in [0.15, 0.2) is 0 Å². The molecule has 3 nitrogen and oxygen atoms in total. The van der Waals surface area contributed by atoms with Crippen molar-refractivity contribution in [3.63, 3.8) is 0 Å². The standard InChI is InChI=1S/C10H13O3.C5H5.Fe/c1-7(11)10-5-3-4-9(10)6-13-8(2)12;1-2-4-5-3-1;/h3-5,7,11H,6H2,1-2H3;1-5H;/t7-;;/m1../s1. The Bertz CT molecular complexity index is 232. The van der Waals surface area contributed by atoms with Crippen molar-refractivity contribution in [2.24, 2.45) is 0 Å². The zero-order valence-electron chi connectivity index (χ0n) is 11.0. The van der Waals surface area contributed by atoms with Gasteiger partial charge in [-0.15, -0.1) is 0 Å².